The molecular weight excluding hydrogens is 346 g/mol. The number of nitrogens with one attached hydrogen (secondary N) is 1. The molecule has 0 fully saturated rings. The largest absolute Gasteiger partial charge is 0.481 e. The zero-order valence-electron chi connectivity index (χ0n) is 13.6. The molecule has 0 saturated heterocycles. The van der Waals surface area contributed by atoms with Crippen LogP contribution >= 0.6 is 11.3 Å². The molecule has 1 aliphatic carbocycles. The van der Waals surface area contributed by atoms with Crippen molar-refractivity contribution < 1.29 is 24.2 Å². The number of nitrogens with zero attached hydrogens (tertiary/aromatic N) is 2. The van der Waals surface area contributed by atoms with Gasteiger partial charge >= 0.3 is 11.9 Å². The van der Waals surface area contributed by atoms with Gasteiger partial charge in [0.15, 0.2) is 0 Å². The lowest BCUT2D eigenvalue weighted by Crippen LogP contribution is -2.20. The second-order valence-corrected chi connectivity index (χ2v) is 6.70. The Bertz CT molecular complexity index is 839. The van der Waals surface area contributed by atoms with E-state index in [2.05, 4.69) is 10.4 Å². The number of hydrogen-bond acceptors (Lipinski definition) is 6. The van der Waals surface area contributed by atoms with Crippen LogP contribution < -0.4 is 5.32 Å². The van der Waals surface area contributed by atoms with Gasteiger partial charge in [-0.15, -0.1) is 11.3 Å². The first kappa shape index (κ1) is 17.2. The number of aryl methyl sites for hydroxylation is 2. The second-order valence-electron chi connectivity index (χ2n) is 5.59. The molecular formula is C16H17N3O5S. The molecule has 0 saturated carbocycles. The van der Waals surface area contributed by atoms with Gasteiger partial charge in [0.05, 0.1) is 25.6 Å². The third-order valence-electron chi connectivity index (χ3n) is 4.02. The maximum Gasteiger partial charge on any atom is 0.341 e. The summed E-state index contributed by atoms with van der Waals surface area (Å²) in [5.41, 5.74) is 1.61. The minimum Gasteiger partial charge on any atom is -0.481 e. The molecule has 9 heteroatoms. The molecule has 2 N–H and O–H groups in total. The van der Waals surface area contributed by atoms with E-state index < -0.39 is 17.8 Å². The van der Waals surface area contributed by atoms with Crippen LogP contribution in [0.4, 0.5) is 5.00 Å². The SMILES string of the molecule is COC(=O)c1c(NC(=O)c2ccnn2CCC(=O)O)sc2c1CCC2. The predicted molar refractivity (Wildman–Crippen MR) is 90.1 cm³/mol. The first-order valence-corrected chi connectivity index (χ1v) is 8.60. The van der Waals surface area contributed by atoms with Gasteiger partial charge in [-0.1, -0.05) is 0 Å². The minimum atomic E-state index is -0.968. The quantitative estimate of drug-likeness (QED) is 0.759. The summed E-state index contributed by atoms with van der Waals surface area (Å²) in [5.74, 6) is -1.87. The van der Waals surface area contributed by atoms with Crippen LogP contribution in [0.3, 0.4) is 0 Å². The van der Waals surface area contributed by atoms with Crippen LogP contribution in [0.2, 0.25) is 0 Å². The highest BCUT2D eigenvalue weighted by atomic mass is 32.1. The number of ether oxygens (including phenoxy) is 1. The standard InChI is InChI=1S/C16H17N3O5S/c1-24-16(23)13-9-3-2-4-11(9)25-15(13)18-14(22)10-5-7-17-19(10)8-6-12(20)21/h5,7H,2-4,6,8H2,1H3,(H,18,22)(H,20,21). The third kappa shape index (κ3) is 3.41. The van der Waals surface area contributed by atoms with Crippen molar-refractivity contribution in [2.24, 2.45) is 0 Å². The molecule has 2 aromatic rings. The van der Waals surface area contributed by atoms with E-state index in [1.54, 1.807) is 0 Å². The van der Waals surface area contributed by atoms with E-state index in [0.717, 1.165) is 29.7 Å². The van der Waals surface area contributed by atoms with E-state index in [1.807, 2.05) is 0 Å². The van der Waals surface area contributed by atoms with Gasteiger partial charge in [-0.05, 0) is 30.9 Å². The highest BCUT2D eigenvalue weighted by Gasteiger charge is 2.28. The van der Waals surface area contributed by atoms with Crippen LogP contribution in [0.1, 0.15) is 44.1 Å². The molecule has 25 heavy (non-hydrogen) atoms. The van der Waals surface area contributed by atoms with Gasteiger partial charge in [0.1, 0.15) is 10.7 Å². The fourth-order valence-electron chi connectivity index (χ4n) is 2.88. The molecule has 3 rings (SSSR count). The first-order valence-electron chi connectivity index (χ1n) is 7.79. The smallest absolute Gasteiger partial charge is 0.341 e. The minimum absolute atomic E-state index is 0.0931. The number of fused-ring (bicyclic) bond motifs is 1. The molecule has 8 nitrogen and oxygen atoms in total. The number of anilines is 1. The summed E-state index contributed by atoms with van der Waals surface area (Å²) in [6, 6.07) is 1.51. The third-order valence-corrected chi connectivity index (χ3v) is 5.23. The number of hydrogen-bond donors (Lipinski definition) is 2. The molecule has 0 bridgehead atoms. The number of amides is 1. The van der Waals surface area contributed by atoms with E-state index in [1.165, 1.54) is 35.4 Å². The molecule has 0 aliphatic heterocycles. The summed E-state index contributed by atoms with van der Waals surface area (Å²) in [6.45, 7) is 0.0931. The first-order chi connectivity index (χ1) is 12.0. The van der Waals surface area contributed by atoms with Crippen molar-refractivity contribution in [3.05, 3.63) is 34.0 Å². The summed E-state index contributed by atoms with van der Waals surface area (Å²) >= 11 is 1.39. The van der Waals surface area contributed by atoms with Gasteiger partial charge in [0.25, 0.3) is 5.91 Å². The van der Waals surface area contributed by atoms with Crippen LogP contribution in [-0.4, -0.2) is 39.8 Å². The maximum absolute atomic E-state index is 12.6. The number of methoxy groups -OCH3 is 1. The molecule has 132 valence electrons. The molecule has 0 spiro atoms. The Kier molecular flexibility index (Phi) is 4.84. The van der Waals surface area contributed by atoms with Crippen molar-refractivity contribution in [2.45, 2.75) is 32.2 Å². The molecule has 0 aromatic carbocycles. The Balaban J connectivity index is 1.84. The lowest BCUT2D eigenvalue weighted by atomic mass is 10.1. The Morgan fingerprint density at radius 2 is 2.20 bits per heavy atom. The average molecular weight is 363 g/mol. The number of carbonyl (C=O) groups is 3. The van der Waals surface area contributed by atoms with Crippen molar-refractivity contribution in [3.63, 3.8) is 0 Å². The Morgan fingerprint density at radius 3 is 2.92 bits per heavy atom. The van der Waals surface area contributed by atoms with Gasteiger partial charge in [0.2, 0.25) is 0 Å². The topological polar surface area (TPSA) is 111 Å². The Morgan fingerprint density at radius 1 is 1.40 bits per heavy atom. The van der Waals surface area contributed by atoms with Crippen molar-refractivity contribution in [1.82, 2.24) is 9.78 Å². The number of carboxylic acids is 1. The molecule has 1 amide bonds. The van der Waals surface area contributed by atoms with Crippen molar-refractivity contribution in [2.75, 3.05) is 12.4 Å². The van der Waals surface area contributed by atoms with Gasteiger partial charge in [-0.3, -0.25) is 14.3 Å². The maximum atomic E-state index is 12.6. The molecule has 2 aromatic heterocycles. The summed E-state index contributed by atoms with van der Waals surface area (Å²) in [5, 5.41) is 16.0. The lowest BCUT2D eigenvalue weighted by molar-refractivity contribution is -0.137. The second kappa shape index (κ2) is 7.06. The van der Waals surface area contributed by atoms with E-state index in [0.29, 0.717) is 10.6 Å². The Labute approximate surface area is 147 Å². The number of carbonyl (C=O) groups excluding carboxylic acids is 2. The summed E-state index contributed by atoms with van der Waals surface area (Å²) in [4.78, 5) is 36.5. The molecule has 2 heterocycles. The van der Waals surface area contributed by atoms with Gasteiger partial charge < -0.3 is 15.2 Å². The fourth-order valence-corrected chi connectivity index (χ4v) is 4.16. The number of aromatic nitrogens is 2. The molecule has 0 unspecified atom stereocenters. The highest BCUT2D eigenvalue weighted by Crippen LogP contribution is 2.39. The zero-order chi connectivity index (χ0) is 18.0. The van der Waals surface area contributed by atoms with Crippen molar-refractivity contribution in [1.29, 1.82) is 0 Å². The fraction of sp³-hybridized carbons (Fsp3) is 0.375. The summed E-state index contributed by atoms with van der Waals surface area (Å²) in [6.07, 6.45) is 3.97. The number of carboxylic acid groups (broad SMARTS) is 1. The van der Waals surface area contributed by atoms with Crippen LogP contribution in [0.25, 0.3) is 0 Å². The summed E-state index contributed by atoms with van der Waals surface area (Å²) < 4.78 is 6.19. The average Bonchev–Trinajstić information content (AvgIpc) is 3.27. The van der Waals surface area contributed by atoms with E-state index in [-0.39, 0.29) is 18.7 Å². The van der Waals surface area contributed by atoms with Crippen molar-refractivity contribution in [3.8, 4) is 0 Å². The zero-order valence-corrected chi connectivity index (χ0v) is 14.4. The van der Waals surface area contributed by atoms with E-state index in [9.17, 15) is 14.4 Å². The lowest BCUT2D eigenvalue weighted by Gasteiger charge is -2.08. The molecule has 1 aliphatic rings. The predicted octanol–water partition coefficient (Wildman–Crippen LogP) is 1.95. The summed E-state index contributed by atoms with van der Waals surface area (Å²) in [7, 11) is 1.31. The van der Waals surface area contributed by atoms with Gasteiger partial charge in [0, 0.05) is 11.1 Å². The number of thiophene rings is 1. The van der Waals surface area contributed by atoms with Gasteiger partial charge in [-0.2, -0.15) is 5.10 Å². The van der Waals surface area contributed by atoms with Crippen molar-refractivity contribution >= 4 is 34.2 Å². The van der Waals surface area contributed by atoms with Gasteiger partial charge in [-0.25, -0.2) is 4.79 Å². The Hall–Kier alpha value is -2.68. The van der Waals surface area contributed by atoms with Crippen LogP contribution in [-0.2, 0) is 28.9 Å². The highest BCUT2D eigenvalue weighted by molar-refractivity contribution is 7.17. The van der Waals surface area contributed by atoms with E-state index in [4.69, 9.17) is 9.84 Å². The van der Waals surface area contributed by atoms with Crippen LogP contribution in [0, 0.1) is 0 Å². The number of esters is 1. The molecule has 0 atom stereocenters. The monoisotopic (exact) mass is 363 g/mol. The number of aliphatic carboxylic acids is 1. The van der Waals surface area contributed by atoms with Crippen LogP contribution in [0.15, 0.2) is 12.3 Å². The van der Waals surface area contributed by atoms with E-state index >= 15 is 0 Å². The van der Waals surface area contributed by atoms with Crippen LogP contribution in [0.5, 0.6) is 0 Å². The molecule has 0 radical (unpaired) electrons. The number of rotatable bonds is 6. The normalized spacial score (nSPS) is 12.7.